The monoisotopic (exact) mass is 364 g/mol. The molecule has 0 unspecified atom stereocenters. The van der Waals surface area contributed by atoms with Gasteiger partial charge in [0.15, 0.2) is 11.5 Å². The zero-order chi connectivity index (χ0) is 14.0. The maximum atomic E-state index is 12.0. The van der Waals surface area contributed by atoms with E-state index in [2.05, 4.69) is 21.2 Å². The fraction of sp³-hybridized carbons (Fsp3) is 0.462. The number of rotatable bonds is 3. The summed E-state index contributed by atoms with van der Waals surface area (Å²) in [6.45, 7) is 5.11. The SMILES string of the molecule is CC(C)(N)CNC(=O)c1cc(Br)c2c(c1)OCCO2.Cl. The summed E-state index contributed by atoms with van der Waals surface area (Å²) in [5.74, 6) is 1.04. The summed E-state index contributed by atoms with van der Waals surface area (Å²) in [6.07, 6.45) is 0. The van der Waals surface area contributed by atoms with Crippen molar-refractivity contribution in [2.24, 2.45) is 5.73 Å². The highest BCUT2D eigenvalue weighted by Gasteiger charge is 2.20. The highest BCUT2D eigenvalue weighted by molar-refractivity contribution is 9.10. The first-order chi connectivity index (χ1) is 8.87. The lowest BCUT2D eigenvalue weighted by Gasteiger charge is -2.21. The number of ether oxygens (including phenoxy) is 2. The topological polar surface area (TPSA) is 73.6 Å². The Hall–Kier alpha value is -0.980. The van der Waals surface area contributed by atoms with Crippen LogP contribution in [0.2, 0.25) is 0 Å². The lowest BCUT2D eigenvalue weighted by molar-refractivity contribution is 0.0944. The molecule has 0 saturated heterocycles. The molecule has 1 aliphatic heterocycles. The fourth-order valence-electron chi connectivity index (χ4n) is 1.65. The Morgan fingerprint density at radius 2 is 2.05 bits per heavy atom. The summed E-state index contributed by atoms with van der Waals surface area (Å²) in [5, 5.41) is 2.79. The average molecular weight is 366 g/mol. The van der Waals surface area contributed by atoms with E-state index in [9.17, 15) is 4.79 Å². The Kier molecular flexibility index (Phi) is 5.68. The van der Waals surface area contributed by atoms with E-state index >= 15 is 0 Å². The van der Waals surface area contributed by atoms with Crippen molar-refractivity contribution in [1.82, 2.24) is 5.32 Å². The van der Waals surface area contributed by atoms with E-state index in [4.69, 9.17) is 15.2 Å². The van der Waals surface area contributed by atoms with Gasteiger partial charge in [0.25, 0.3) is 5.91 Å². The van der Waals surface area contributed by atoms with Crippen LogP contribution in [-0.4, -0.2) is 31.2 Å². The molecular formula is C13H18BrClN2O3. The molecule has 3 N–H and O–H groups in total. The maximum Gasteiger partial charge on any atom is 0.251 e. The first-order valence-electron chi connectivity index (χ1n) is 6.03. The standard InChI is InChI=1S/C13H17BrN2O3.ClH/c1-13(2,15)7-16-12(17)8-5-9(14)11-10(6-8)18-3-4-19-11;/h5-6H,3-4,7,15H2,1-2H3,(H,16,17);1H. The van der Waals surface area contributed by atoms with E-state index in [1.807, 2.05) is 13.8 Å². The van der Waals surface area contributed by atoms with E-state index in [0.717, 1.165) is 0 Å². The summed E-state index contributed by atoms with van der Waals surface area (Å²) in [4.78, 5) is 12.0. The quantitative estimate of drug-likeness (QED) is 0.860. The number of nitrogens with one attached hydrogen (secondary N) is 1. The van der Waals surface area contributed by atoms with Gasteiger partial charge in [-0.15, -0.1) is 12.4 Å². The average Bonchev–Trinajstić information content (AvgIpc) is 2.35. The van der Waals surface area contributed by atoms with Crippen molar-refractivity contribution in [2.45, 2.75) is 19.4 Å². The molecule has 0 spiro atoms. The predicted molar refractivity (Wildman–Crippen MR) is 83.0 cm³/mol. The Bertz CT molecular complexity index is 503. The summed E-state index contributed by atoms with van der Waals surface area (Å²) in [6, 6.07) is 3.39. The second-order valence-electron chi connectivity index (χ2n) is 5.15. The molecule has 0 bridgehead atoms. The largest absolute Gasteiger partial charge is 0.486 e. The van der Waals surface area contributed by atoms with Gasteiger partial charge in [0, 0.05) is 17.6 Å². The van der Waals surface area contributed by atoms with Gasteiger partial charge in [0.2, 0.25) is 0 Å². The summed E-state index contributed by atoms with van der Waals surface area (Å²) in [7, 11) is 0. The molecular weight excluding hydrogens is 348 g/mol. The van der Waals surface area contributed by atoms with Crippen LogP contribution < -0.4 is 20.5 Å². The lowest BCUT2D eigenvalue weighted by Crippen LogP contribution is -2.45. The summed E-state index contributed by atoms with van der Waals surface area (Å²) in [5.41, 5.74) is 5.90. The molecule has 0 aliphatic carbocycles. The van der Waals surface area contributed by atoms with Crippen LogP contribution in [0.25, 0.3) is 0 Å². The van der Waals surface area contributed by atoms with E-state index < -0.39 is 5.54 Å². The van der Waals surface area contributed by atoms with Crippen LogP contribution in [-0.2, 0) is 0 Å². The molecule has 0 saturated carbocycles. The van der Waals surface area contributed by atoms with E-state index in [1.165, 1.54) is 0 Å². The van der Waals surface area contributed by atoms with Gasteiger partial charge in [-0.25, -0.2) is 0 Å². The van der Waals surface area contributed by atoms with Gasteiger partial charge in [-0.3, -0.25) is 4.79 Å². The fourth-order valence-corrected chi connectivity index (χ4v) is 2.21. The Labute approximate surface area is 132 Å². The number of hydrogen-bond donors (Lipinski definition) is 2. The first kappa shape index (κ1) is 17.1. The highest BCUT2D eigenvalue weighted by atomic mass is 79.9. The maximum absolute atomic E-state index is 12.0. The molecule has 1 amide bonds. The highest BCUT2D eigenvalue weighted by Crippen LogP contribution is 2.38. The molecule has 1 heterocycles. The lowest BCUT2D eigenvalue weighted by atomic mass is 10.1. The van der Waals surface area contributed by atoms with Gasteiger partial charge < -0.3 is 20.5 Å². The molecule has 5 nitrogen and oxygen atoms in total. The minimum absolute atomic E-state index is 0. The van der Waals surface area contributed by atoms with Gasteiger partial charge in [-0.2, -0.15) is 0 Å². The number of hydrogen-bond acceptors (Lipinski definition) is 4. The Balaban J connectivity index is 0.00000200. The van der Waals surface area contributed by atoms with Gasteiger partial charge >= 0.3 is 0 Å². The predicted octanol–water partition coefficient (Wildman–Crippen LogP) is 2.11. The van der Waals surface area contributed by atoms with Gasteiger partial charge in [0.1, 0.15) is 13.2 Å². The third-order valence-corrected chi connectivity index (χ3v) is 3.15. The molecule has 0 atom stereocenters. The van der Waals surface area contributed by atoms with Crippen molar-refractivity contribution >= 4 is 34.2 Å². The molecule has 1 aliphatic rings. The first-order valence-corrected chi connectivity index (χ1v) is 6.82. The van der Waals surface area contributed by atoms with Gasteiger partial charge in [-0.05, 0) is 41.9 Å². The zero-order valence-electron chi connectivity index (χ0n) is 11.4. The number of nitrogens with two attached hydrogens (primary N) is 1. The zero-order valence-corrected chi connectivity index (χ0v) is 13.8. The number of fused-ring (bicyclic) bond motifs is 1. The van der Waals surface area contributed by atoms with Crippen LogP contribution in [0.4, 0.5) is 0 Å². The van der Waals surface area contributed by atoms with Crippen LogP contribution in [0, 0.1) is 0 Å². The van der Waals surface area contributed by atoms with E-state index in [1.54, 1.807) is 12.1 Å². The number of amides is 1. The minimum Gasteiger partial charge on any atom is -0.486 e. The second kappa shape index (κ2) is 6.65. The smallest absolute Gasteiger partial charge is 0.251 e. The van der Waals surface area contributed by atoms with Crippen LogP contribution in [0.5, 0.6) is 11.5 Å². The molecule has 20 heavy (non-hydrogen) atoms. The van der Waals surface area contributed by atoms with Crippen molar-refractivity contribution in [3.8, 4) is 11.5 Å². The summed E-state index contributed by atoms with van der Waals surface area (Å²) >= 11 is 3.38. The molecule has 2 rings (SSSR count). The minimum atomic E-state index is -0.444. The van der Waals surface area contributed by atoms with Crippen molar-refractivity contribution < 1.29 is 14.3 Å². The molecule has 0 radical (unpaired) electrons. The normalized spacial score (nSPS) is 13.4. The van der Waals surface area contributed by atoms with Crippen molar-refractivity contribution in [2.75, 3.05) is 19.8 Å². The van der Waals surface area contributed by atoms with Gasteiger partial charge in [0.05, 0.1) is 4.47 Å². The third kappa shape index (κ3) is 4.26. The van der Waals surface area contributed by atoms with E-state index in [-0.39, 0.29) is 18.3 Å². The van der Waals surface area contributed by atoms with Crippen molar-refractivity contribution in [3.05, 3.63) is 22.2 Å². The van der Waals surface area contributed by atoms with E-state index in [0.29, 0.717) is 41.3 Å². The van der Waals surface area contributed by atoms with Crippen LogP contribution >= 0.6 is 28.3 Å². The number of halogens is 2. The van der Waals surface area contributed by atoms with Crippen LogP contribution in [0.3, 0.4) is 0 Å². The molecule has 7 heteroatoms. The van der Waals surface area contributed by atoms with Crippen LogP contribution in [0.15, 0.2) is 16.6 Å². The molecule has 112 valence electrons. The number of carbonyl (C=O) groups is 1. The Morgan fingerprint density at radius 3 is 2.70 bits per heavy atom. The van der Waals surface area contributed by atoms with Gasteiger partial charge in [-0.1, -0.05) is 0 Å². The van der Waals surface area contributed by atoms with Crippen LogP contribution in [0.1, 0.15) is 24.2 Å². The molecule has 1 aromatic rings. The number of carbonyl (C=O) groups excluding carboxylic acids is 1. The van der Waals surface area contributed by atoms with Crippen molar-refractivity contribution in [1.29, 1.82) is 0 Å². The van der Waals surface area contributed by atoms with Crippen molar-refractivity contribution in [3.63, 3.8) is 0 Å². The molecule has 0 fully saturated rings. The Morgan fingerprint density at radius 1 is 1.40 bits per heavy atom. The molecule has 0 aromatic heterocycles. The molecule has 1 aromatic carbocycles. The second-order valence-corrected chi connectivity index (χ2v) is 6.01. The third-order valence-electron chi connectivity index (χ3n) is 2.56. The summed E-state index contributed by atoms with van der Waals surface area (Å²) < 4.78 is 11.7. The number of benzene rings is 1.